The van der Waals surface area contributed by atoms with Crippen molar-refractivity contribution in [1.82, 2.24) is 4.98 Å². The van der Waals surface area contributed by atoms with Crippen molar-refractivity contribution in [3.05, 3.63) is 23.5 Å². The van der Waals surface area contributed by atoms with E-state index in [0.717, 1.165) is 13.0 Å². The Morgan fingerprint density at radius 1 is 1.47 bits per heavy atom. The summed E-state index contributed by atoms with van der Waals surface area (Å²) >= 11 is 0. The zero-order valence-electron chi connectivity index (χ0n) is 9.21. The Kier molecular flexibility index (Phi) is 3.59. The first-order valence-electron chi connectivity index (χ1n) is 4.72. The number of primary amides is 1. The molecule has 17 heavy (non-hydrogen) atoms. The third kappa shape index (κ3) is 3.61. The predicted octanol–water partition coefficient (Wildman–Crippen LogP) is 1.82. The molecule has 0 radical (unpaired) electrons. The van der Waals surface area contributed by atoms with Gasteiger partial charge in [-0.1, -0.05) is 0 Å². The van der Waals surface area contributed by atoms with Gasteiger partial charge in [-0.2, -0.15) is 13.2 Å². The van der Waals surface area contributed by atoms with Crippen molar-refractivity contribution in [3.63, 3.8) is 0 Å². The molecular formula is C10H11F3N2O2. The van der Waals surface area contributed by atoms with Crippen molar-refractivity contribution >= 4 is 5.91 Å². The topological polar surface area (TPSA) is 65.2 Å². The second kappa shape index (κ2) is 4.60. The summed E-state index contributed by atoms with van der Waals surface area (Å²) in [5.41, 5.74) is 5.21. The fraction of sp³-hybridized carbons (Fsp3) is 0.400. The van der Waals surface area contributed by atoms with E-state index < -0.39 is 18.2 Å². The summed E-state index contributed by atoms with van der Waals surface area (Å²) in [5, 5.41) is 0. The van der Waals surface area contributed by atoms with E-state index in [9.17, 15) is 18.0 Å². The lowest BCUT2D eigenvalue weighted by Gasteiger charge is -2.18. The van der Waals surface area contributed by atoms with Gasteiger partial charge in [0.15, 0.2) is 6.10 Å². The van der Waals surface area contributed by atoms with Gasteiger partial charge in [-0.15, -0.1) is 0 Å². The van der Waals surface area contributed by atoms with Gasteiger partial charge in [0.1, 0.15) is 11.4 Å². The lowest BCUT2D eigenvalue weighted by atomic mass is 10.2. The van der Waals surface area contributed by atoms with E-state index in [0.29, 0.717) is 5.69 Å². The molecular weight excluding hydrogens is 237 g/mol. The minimum Gasteiger partial charge on any atom is -0.481 e. The summed E-state index contributed by atoms with van der Waals surface area (Å²) in [6.45, 7) is 2.40. The number of aromatic nitrogens is 1. The summed E-state index contributed by atoms with van der Waals surface area (Å²) in [5.74, 6) is -0.908. The van der Waals surface area contributed by atoms with Crippen molar-refractivity contribution < 1.29 is 22.7 Å². The van der Waals surface area contributed by atoms with Gasteiger partial charge in [0.25, 0.3) is 5.91 Å². The Morgan fingerprint density at radius 2 is 2.06 bits per heavy atom. The summed E-state index contributed by atoms with van der Waals surface area (Å²) in [7, 11) is 0. The van der Waals surface area contributed by atoms with E-state index in [2.05, 4.69) is 9.72 Å². The number of alkyl halides is 3. The van der Waals surface area contributed by atoms with E-state index in [1.165, 1.54) is 13.0 Å². The molecule has 0 spiro atoms. The largest absolute Gasteiger partial charge is 0.481 e. The Balaban J connectivity index is 2.96. The SMILES string of the molecule is Cc1cc(OC(C)C(F)(F)F)cc(C(N)=O)n1. The highest BCUT2D eigenvalue weighted by Gasteiger charge is 2.38. The number of nitrogens with zero attached hydrogens (tertiary/aromatic N) is 1. The molecule has 1 heterocycles. The number of hydrogen-bond acceptors (Lipinski definition) is 3. The number of amides is 1. The number of rotatable bonds is 3. The van der Waals surface area contributed by atoms with E-state index in [1.807, 2.05) is 0 Å². The molecule has 0 aliphatic carbocycles. The standard InChI is InChI=1S/C10H11F3N2O2/c1-5-3-7(4-8(15-5)9(14)16)17-6(2)10(11,12)13/h3-4,6H,1-2H3,(H2,14,16). The van der Waals surface area contributed by atoms with Crippen LogP contribution in [-0.2, 0) is 0 Å². The zero-order chi connectivity index (χ0) is 13.2. The molecule has 1 amide bonds. The summed E-state index contributed by atoms with van der Waals surface area (Å²) < 4.78 is 41.5. The van der Waals surface area contributed by atoms with Crippen molar-refractivity contribution in [3.8, 4) is 5.75 Å². The van der Waals surface area contributed by atoms with Crippen molar-refractivity contribution in [2.24, 2.45) is 5.73 Å². The molecule has 0 fully saturated rings. The second-order valence-electron chi connectivity index (χ2n) is 3.50. The van der Waals surface area contributed by atoms with Gasteiger partial charge in [-0.3, -0.25) is 4.79 Å². The van der Waals surface area contributed by atoms with Gasteiger partial charge in [0.2, 0.25) is 0 Å². The van der Waals surface area contributed by atoms with Crippen LogP contribution in [0.5, 0.6) is 5.75 Å². The smallest absolute Gasteiger partial charge is 0.425 e. The van der Waals surface area contributed by atoms with Crippen LogP contribution in [0.25, 0.3) is 0 Å². The fourth-order valence-corrected chi connectivity index (χ4v) is 1.10. The van der Waals surface area contributed by atoms with Crippen LogP contribution in [0.4, 0.5) is 13.2 Å². The fourth-order valence-electron chi connectivity index (χ4n) is 1.10. The first kappa shape index (κ1) is 13.3. The number of carbonyl (C=O) groups excluding carboxylic acids is 1. The van der Waals surface area contributed by atoms with Crippen molar-refractivity contribution in [2.45, 2.75) is 26.1 Å². The third-order valence-electron chi connectivity index (χ3n) is 1.95. The summed E-state index contributed by atoms with van der Waals surface area (Å²) in [4.78, 5) is 14.6. The van der Waals surface area contributed by atoms with Gasteiger partial charge in [-0.25, -0.2) is 4.98 Å². The number of carbonyl (C=O) groups is 1. The highest BCUT2D eigenvalue weighted by Crippen LogP contribution is 2.25. The molecule has 0 aliphatic rings. The van der Waals surface area contributed by atoms with E-state index in [4.69, 9.17) is 5.73 Å². The highest BCUT2D eigenvalue weighted by atomic mass is 19.4. The van der Waals surface area contributed by atoms with Crippen LogP contribution in [0.15, 0.2) is 12.1 Å². The Morgan fingerprint density at radius 3 is 2.53 bits per heavy atom. The maximum Gasteiger partial charge on any atom is 0.425 e. The first-order chi connectivity index (χ1) is 7.70. The molecule has 0 aromatic carbocycles. The number of ether oxygens (including phenoxy) is 1. The van der Waals surface area contributed by atoms with Gasteiger partial charge in [0, 0.05) is 17.8 Å². The number of nitrogens with two attached hydrogens (primary N) is 1. The van der Waals surface area contributed by atoms with Crippen LogP contribution in [0.3, 0.4) is 0 Å². The molecule has 1 rings (SSSR count). The number of aryl methyl sites for hydroxylation is 1. The average molecular weight is 248 g/mol. The van der Waals surface area contributed by atoms with Crippen molar-refractivity contribution in [1.29, 1.82) is 0 Å². The highest BCUT2D eigenvalue weighted by molar-refractivity contribution is 5.91. The van der Waals surface area contributed by atoms with Crippen LogP contribution in [0.1, 0.15) is 23.1 Å². The van der Waals surface area contributed by atoms with Crippen LogP contribution in [0.2, 0.25) is 0 Å². The number of pyridine rings is 1. The normalized spacial score (nSPS) is 13.2. The molecule has 0 saturated heterocycles. The number of hydrogen-bond donors (Lipinski definition) is 1. The molecule has 1 atom stereocenters. The summed E-state index contributed by atoms with van der Waals surface area (Å²) in [6.07, 6.45) is -6.44. The Hall–Kier alpha value is -1.79. The molecule has 1 aromatic rings. The molecule has 0 aliphatic heterocycles. The van der Waals surface area contributed by atoms with Crippen molar-refractivity contribution in [2.75, 3.05) is 0 Å². The van der Waals surface area contributed by atoms with E-state index >= 15 is 0 Å². The molecule has 2 N–H and O–H groups in total. The van der Waals surface area contributed by atoms with Crippen LogP contribution in [0, 0.1) is 6.92 Å². The number of halogens is 3. The van der Waals surface area contributed by atoms with Crippen LogP contribution in [-0.4, -0.2) is 23.2 Å². The Bertz CT molecular complexity index is 432. The molecule has 4 nitrogen and oxygen atoms in total. The van der Waals surface area contributed by atoms with E-state index in [1.54, 1.807) is 0 Å². The molecule has 0 bridgehead atoms. The van der Waals surface area contributed by atoms with Gasteiger partial charge in [0.05, 0.1) is 0 Å². The molecule has 1 aromatic heterocycles. The Labute approximate surface area is 95.6 Å². The van der Waals surface area contributed by atoms with Gasteiger partial charge < -0.3 is 10.5 Å². The lowest BCUT2D eigenvalue weighted by molar-refractivity contribution is -0.189. The minimum atomic E-state index is -4.47. The van der Waals surface area contributed by atoms with Gasteiger partial charge in [-0.05, 0) is 13.8 Å². The van der Waals surface area contributed by atoms with Crippen LogP contribution < -0.4 is 10.5 Å². The van der Waals surface area contributed by atoms with E-state index in [-0.39, 0.29) is 11.4 Å². The lowest BCUT2D eigenvalue weighted by Crippen LogP contribution is -2.31. The molecule has 0 saturated carbocycles. The monoisotopic (exact) mass is 248 g/mol. The first-order valence-corrected chi connectivity index (χ1v) is 4.72. The predicted molar refractivity (Wildman–Crippen MR) is 53.6 cm³/mol. The average Bonchev–Trinajstić information content (AvgIpc) is 2.14. The quantitative estimate of drug-likeness (QED) is 0.887. The van der Waals surface area contributed by atoms with Gasteiger partial charge >= 0.3 is 6.18 Å². The van der Waals surface area contributed by atoms with Crippen LogP contribution >= 0.6 is 0 Å². The second-order valence-corrected chi connectivity index (χ2v) is 3.50. The maximum atomic E-state index is 12.3. The maximum absolute atomic E-state index is 12.3. The zero-order valence-corrected chi connectivity index (χ0v) is 9.21. The third-order valence-corrected chi connectivity index (χ3v) is 1.95. The minimum absolute atomic E-state index is 0.0869. The molecule has 1 unspecified atom stereocenters. The summed E-state index contributed by atoms with van der Waals surface area (Å²) in [6, 6.07) is 2.38. The molecule has 7 heteroatoms. The molecule has 94 valence electrons.